The Hall–Kier alpha value is -1.55. The highest BCUT2D eigenvalue weighted by Gasteiger charge is 2.12. The molecule has 0 atom stereocenters. The van der Waals surface area contributed by atoms with E-state index in [4.69, 9.17) is 27.9 Å². The van der Waals surface area contributed by atoms with Crippen molar-refractivity contribution in [2.24, 2.45) is 0 Å². The largest absolute Gasteiger partial charge is 0.375 e. The maximum absolute atomic E-state index is 11.7. The van der Waals surface area contributed by atoms with Gasteiger partial charge in [-0.05, 0) is 12.1 Å². The number of rotatable bonds is 4. The van der Waals surface area contributed by atoms with Gasteiger partial charge >= 0.3 is 0 Å². The molecule has 1 N–H and O–H groups in total. The van der Waals surface area contributed by atoms with Crippen molar-refractivity contribution in [1.29, 1.82) is 0 Å². The van der Waals surface area contributed by atoms with Gasteiger partial charge in [-0.1, -0.05) is 53.5 Å². The number of halogens is 2. The van der Waals surface area contributed by atoms with Gasteiger partial charge in [0.15, 0.2) is 0 Å². The molecular weight excluding hydrogens is 297 g/mol. The lowest BCUT2D eigenvalue weighted by Gasteiger charge is -2.12. The first kappa shape index (κ1) is 14.9. The Morgan fingerprint density at radius 3 is 2.55 bits per heavy atom. The second-order valence-electron chi connectivity index (χ2n) is 4.13. The fourth-order valence-corrected chi connectivity index (χ4v) is 2.26. The quantitative estimate of drug-likeness (QED) is 0.917. The van der Waals surface area contributed by atoms with E-state index in [1.54, 1.807) is 12.1 Å². The molecule has 0 bridgehead atoms. The van der Waals surface area contributed by atoms with Gasteiger partial charge in [0.1, 0.15) is 6.61 Å². The first-order valence-electron chi connectivity index (χ1n) is 5.95. The molecule has 0 fully saturated rings. The molecule has 0 saturated carbocycles. The maximum Gasteiger partial charge on any atom is 0.250 e. The van der Waals surface area contributed by atoms with Gasteiger partial charge in [0.05, 0.1) is 10.0 Å². The molecule has 0 aliphatic heterocycles. The van der Waals surface area contributed by atoms with Gasteiger partial charge in [-0.25, -0.2) is 0 Å². The highest BCUT2D eigenvalue weighted by molar-refractivity contribution is 6.43. The average molecular weight is 310 g/mol. The van der Waals surface area contributed by atoms with Crippen LogP contribution in [-0.2, 0) is 9.53 Å². The summed E-state index contributed by atoms with van der Waals surface area (Å²) in [7, 11) is 1.47. The minimum absolute atomic E-state index is 0.00237. The van der Waals surface area contributed by atoms with Gasteiger partial charge in [-0.2, -0.15) is 0 Å². The van der Waals surface area contributed by atoms with E-state index in [2.05, 4.69) is 5.32 Å². The number of amides is 1. The van der Waals surface area contributed by atoms with E-state index in [0.717, 1.165) is 11.1 Å². The van der Waals surface area contributed by atoms with Crippen LogP contribution < -0.4 is 5.32 Å². The summed E-state index contributed by atoms with van der Waals surface area (Å²) in [6.07, 6.45) is 0. The first-order chi connectivity index (χ1) is 9.63. The van der Waals surface area contributed by atoms with E-state index in [1.807, 2.05) is 30.3 Å². The topological polar surface area (TPSA) is 38.3 Å². The van der Waals surface area contributed by atoms with Crippen LogP contribution in [0.15, 0.2) is 42.5 Å². The summed E-state index contributed by atoms with van der Waals surface area (Å²) in [6.45, 7) is -0.00237. The van der Waals surface area contributed by atoms with E-state index < -0.39 is 0 Å². The van der Waals surface area contributed by atoms with E-state index in [9.17, 15) is 4.79 Å². The summed E-state index contributed by atoms with van der Waals surface area (Å²) in [5.41, 5.74) is 2.25. The van der Waals surface area contributed by atoms with Crippen LogP contribution in [0.5, 0.6) is 0 Å². The zero-order chi connectivity index (χ0) is 14.5. The fourth-order valence-electron chi connectivity index (χ4n) is 1.86. The molecular formula is C15H13Cl2NO2. The molecule has 0 radical (unpaired) electrons. The Kier molecular flexibility index (Phi) is 5.01. The second kappa shape index (κ2) is 6.75. The highest BCUT2D eigenvalue weighted by atomic mass is 35.5. The number of benzene rings is 2. The molecule has 0 spiro atoms. The molecule has 0 aliphatic carbocycles. The number of carbonyl (C=O) groups is 1. The van der Waals surface area contributed by atoms with E-state index in [0.29, 0.717) is 15.7 Å². The van der Waals surface area contributed by atoms with Crippen LogP contribution in [0, 0.1) is 0 Å². The molecule has 0 aromatic heterocycles. The molecule has 20 heavy (non-hydrogen) atoms. The summed E-state index contributed by atoms with van der Waals surface area (Å²) in [5.74, 6) is -0.224. The van der Waals surface area contributed by atoms with Crippen molar-refractivity contribution in [3.05, 3.63) is 52.5 Å². The lowest BCUT2D eigenvalue weighted by Crippen LogP contribution is -2.17. The van der Waals surface area contributed by atoms with Crippen LogP contribution in [0.2, 0.25) is 10.0 Å². The lowest BCUT2D eigenvalue weighted by molar-refractivity contribution is -0.119. The van der Waals surface area contributed by atoms with Crippen molar-refractivity contribution in [2.45, 2.75) is 0 Å². The van der Waals surface area contributed by atoms with Gasteiger partial charge in [0.2, 0.25) is 5.91 Å². The van der Waals surface area contributed by atoms with Crippen LogP contribution >= 0.6 is 23.2 Å². The van der Waals surface area contributed by atoms with Crippen LogP contribution in [-0.4, -0.2) is 19.6 Å². The molecule has 1 amide bonds. The van der Waals surface area contributed by atoms with Crippen LogP contribution in [0.4, 0.5) is 5.69 Å². The Morgan fingerprint density at radius 1 is 1.10 bits per heavy atom. The van der Waals surface area contributed by atoms with Gasteiger partial charge in [-0.15, -0.1) is 0 Å². The van der Waals surface area contributed by atoms with Crippen molar-refractivity contribution >= 4 is 34.8 Å². The molecule has 3 nitrogen and oxygen atoms in total. The number of para-hydroxylation sites is 1. The van der Waals surface area contributed by atoms with Crippen molar-refractivity contribution in [3.63, 3.8) is 0 Å². The Labute approximate surface area is 127 Å². The number of methoxy groups -OCH3 is 1. The van der Waals surface area contributed by atoms with Gasteiger partial charge in [0, 0.05) is 23.9 Å². The highest BCUT2D eigenvalue weighted by Crippen LogP contribution is 2.36. The summed E-state index contributed by atoms with van der Waals surface area (Å²) in [4.78, 5) is 11.7. The summed E-state index contributed by atoms with van der Waals surface area (Å²) in [5, 5.41) is 3.73. The normalized spacial score (nSPS) is 10.3. The Morgan fingerprint density at radius 2 is 1.80 bits per heavy atom. The van der Waals surface area contributed by atoms with Crippen LogP contribution in [0.25, 0.3) is 11.1 Å². The maximum atomic E-state index is 11.7. The summed E-state index contributed by atoms with van der Waals surface area (Å²) in [6, 6.07) is 12.8. The number of nitrogens with one attached hydrogen (secondary N) is 1. The summed E-state index contributed by atoms with van der Waals surface area (Å²) < 4.78 is 4.81. The zero-order valence-electron chi connectivity index (χ0n) is 10.8. The van der Waals surface area contributed by atoms with Crippen molar-refractivity contribution in [2.75, 3.05) is 19.0 Å². The molecule has 5 heteroatoms. The number of hydrogen-bond donors (Lipinski definition) is 1. The van der Waals surface area contributed by atoms with Crippen molar-refractivity contribution in [3.8, 4) is 11.1 Å². The number of hydrogen-bond acceptors (Lipinski definition) is 2. The zero-order valence-corrected chi connectivity index (χ0v) is 12.3. The average Bonchev–Trinajstić information content (AvgIpc) is 2.43. The van der Waals surface area contributed by atoms with Gasteiger partial charge < -0.3 is 10.1 Å². The SMILES string of the molecule is COCC(=O)Nc1ccccc1-c1cccc(Cl)c1Cl. The molecule has 0 saturated heterocycles. The Balaban J connectivity index is 2.42. The first-order valence-corrected chi connectivity index (χ1v) is 6.71. The number of ether oxygens (including phenoxy) is 1. The molecule has 2 rings (SSSR count). The Bertz CT molecular complexity index is 629. The van der Waals surface area contributed by atoms with E-state index in [-0.39, 0.29) is 12.5 Å². The lowest BCUT2D eigenvalue weighted by atomic mass is 10.0. The van der Waals surface area contributed by atoms with Crippen LogP contribution in [0.1, 0.15) is 0 Å². The van der Waals surface area contributed by atoms with Crippen LogP contribution in [0.3, 0.4) is 0 Å². The smallest absolute Gasteiger partial charge is 0.250 e. The van der Waals surface area contributed by atoms with E-state index >= 15 is 0 Å². The standard InChI is InChI=1S/C15H13Cl2NO2/c1-20-9-14(19)18-13-8-3-2-5-10(13)11-6-4-7-12(16)15(11)17/h2-8H,9H2,1H3,(H,18,19). The molecule has 104 valence electrons. The molecule has 0 unspecified atom stereocenters. The third kappa shape index (κ3) is 3.31. The minimum atomic E-state index is -0.224. The third-order valence-electron chi connectivity index (χ3n) is 2.72. The van der Waals surface area contributed by atoms with Crippen molar-refractivity contribution in [1.82, 2.24) is 0 Å². The number of anilines is 1. The predicted octanol–water partition coefficient (Wildman–Crippen LogP) is 4.25. The predicted molar refractivity (Wildman–Crippen MR) is 82.4 cm³/mol. The molecule has 2 aromatic rings. The van der Waals surface area contributed by atoms with Gasteiger partial charge in [0.25, 0.3) is 0 Å². The van der Waals surface area contributed by atoms with Crippen molar-refractivity contribution < 1.29 is 9.53 Å². The van der Waals surface area contributed by atoms with E-state index in [1.165, 1.54) is 7.11 Å². The third-order valence-corrected chi connectivity index (χ3v) is 3.54. The monoisotopic (exact) mass is 309 g/mol. The molecule has 0 aliphatic rings. The molecule has 0 heterocycles. The number of carbonyl (C=O) groups excluding carboxylic acids is 1. The fraction of sp³-hybridized carbons (Fsp3) is 0.133. The summed E-state index contributed by atoms with van der Waals surface area (Å²) >= 11 is 12.3. The molecule has 2 aromatic carbocycles. The van der Waals surface area contributed by atoms with Gasteiger partial charge in [-0.3, -0.25) is 4.79 Å². The second-order valence-corrected chi connectivity index (χ2v) is 4.91. The minimum Gasteiger partial charge on any atom is -0.375 e.